The first-order valence-electron chi connectivity index (χ1n) is 11.8. The van der Waals surface area contributed by atoms with Crippen molar-refractivity contribution < 1.29 is 64.5 Å². The normalized spacial score (nSPS) is 11.0. The molecule has 1 aromatic rings. The zero-order chi connectivity index (χ0) is 32.0. The predicted octanol–water partition coefficient (Wildman–Crippen LogP) is -1.85. The first-order valence-corrected chi connectivity index (χ1v) is 12.3. The zero-order valence-corrected chi connectivity index (χ0v) is 22.6. The van der Waals surface area contributed by atoms with Crippen LogP contribution in [0.5, 0.6) is 5.75 Å². The van der Waals surface area contributed by atoms with Gasteiger partial charge in [0.2, 0.25) is 12.1 Å². The Labute approximate surface area is 242 Å². The van der Waals surface area contributed by atoms with E-state index in [2.05, 4.69) is 33.0 Å². The molecule has 0 aromatic heterocycles. The highest BCUT2D eigenvalue weighted by atomic mass is 32.1. The number of rotatable bonds is 21. The molecule has 0 aliphatic carbocycles. The number of nitrogens with zero attached hydrogens (tertiary/aromatic N) is 3. The summed E-state index contributed by atoms with van der Waals surface area (Å²) >= 11 is 4.63. The van der Waals surface area contributed by atoms with E-state index in [1.165, 1.54) is 21.9 Å². The maximum Gasteiger partial charge on any atom is 0.332 e. The summed E-state index contributed by atoms with van der Waals surface area (Å²) < 4.78 is 0. The Kier molecular flexibility index (Phi) is 14.6. The van der Waals surface area contributed by atoms with E-state index in [9.17, 15) is 44.1 Å². The summed E-state index contributed by atoms with van der Waals surface area (Å²) in [7, 11) is 0. The summed E-state index contributed by atoms with van der Waals surface area (Å²) in [5.74, 6) is -9.54. The molecule has 0 aliphatic heterocycles. The topological polar surface area (TPSA) is 287 Å². The average molecular weight is 616 g/mol. The molecule has 1 rings (SSSR count). The maximum atomic E-state index is 11.4. The molecule has 0 aliphatic rings. The van der Waals surface area contributed by atoms with Crippen molar-refractivity contribution in [3.05, 3.63) is 23.3 Å². The van der Waals surface area contributed by atoms with Crippen LogP contribution in [-0.4, -0.2) is 138 Å². The molecule has 0 saturated heterocycles. The van der Waals surface area contributed by atoms with Crippen molar-refractivity contribution in [2.24, 2.45) is 4.99 Å². The van der Waals surface area contributed by atoms with E-state index in [0.717, 1.165) is 0 Å². The quantitative estimate of drug-likeness (QED) is 0.0417. The van der Waals surface area contributed by atoms with Gasteiger partial charge in [-0.3, -0.25) is 30.0 Å². The molecular formula is C23H29N5O13S. The van der Waals surface area contributed by atoms with Crippen LogP contribution < -0.4 is 10.6 Å². The number of carbonyl (C=O) groups is 6. The van der Waals surface area contributed by atoms with E-state index >= 15 is 0 Å². The van der Waals surface area contributed by atoms with Crippen LogP contribution >= 0.6 is 12.2 Å². The van der Waals surface area contributed by atoms with Gasteiger partial charge in [0.25, 0.3) is 0 Å². The molecule has 1 aromatic carbocycles. The molecule has 0 atom stereocenters. The summed E-state index contributed by atoms with van der Waals surface area (Å²) in [4.78, 5) is 73.5. The molecule has 0 saturated carbocycles. The van der Waals surface area contributed by atoms with Gasteiger partial charge < -0.3 is 35.7 Å². The van der Waals surface area contributed by atoms with Crippen molar-refractivity contribution in [2.45, 2.75) is 25.2 Å². The van der Waals surface area contributed by atoms with Gasteiger partial charge in [-0.05, 0) is 24.4 Å². The van der Waals surface area contributed by atoms with Crippen LogP contribution in [0.15, 0.2) is 17.1 Å². The Balaban J connectivity index is 3.24. The number of phenols is 1. The van der Waals surface area contributed by atoms with Crippen molar-refractivity contribution in [1.82, 2.24) is 20.4 Å². The number of aromatic hydroxyl groups is 1. The van der Waals surface area contributed by atoms with Crippen LogP contribution in [0.3, 0.4) is 0 Å². The van der Waals surface area contributed by atoms with Gasteiger partial charge in [-0.2, -0.15) is 4.99 Å². The zero-order valence-electron chi connectivity index (χ0n) is 21.8. The third-order valence-electron chi connectivity index (χ3n) is 5.47. The SMILES string of the molecule is O=C(O)CN(CCNC(C(=O)O)C(=O)O)Cc1cc(N=C=S)cc(CN(CCNC(C(=O)O)C(=O)O)CC(=O)O)c1O. The van der Waals surface area contributed by atoms with Gasteiger partial charge in [-0.25, -0.2) is 19.2 Å². The van der Waals surface area contributed by atoms with Crippen LogP contribution in [0.25, 0.3) is 0 Å². The van der Waals surface area contributed by atoms with Crippen molar-refractivity contribution in [1.29, 1.82) is 0 Å². The summed E-state index contributed by atoms with van der Waals surface area (Å²) in [6.07, 6.45) is 0. The molecule has 0 heterocycles. The van der Waals surface area contributed by atoms with E-state index in [1.807, 2.05) is 0 Å². The van der Waals surface area contributed by atoms with E-state index in [-0.39, 0.29) is 61.8 Å². The molecular weight excluding hydrogens is 586 g/mol. The molecule has 0 fully saturated rings. The van der Waals surface area contributed by atoms with E-state index < -0.39 is 61.0 Å². The summed E-state index contributed by atoms with van der Waals surface area (Å²) in [5.41, 5.74) is 0.371. The van der Waals surface area contributed by atoms with Crippen molar-refractivity contribution in [2.75, 3.05) is 39.3 Å². The Morgan fingerprint density at radius 1 is 0.738 bits per heavy atom. The third-order valence-corrected chi connectivity index (χ3v) is 5.57. The summed E-state index contributed by atoms with van der Waals surface area (Å²) in [6, 6.07) is -1.17. The summed E-state index contributed by atoms with van der Waals surface area (Å²) in [6.45, 7) is -2.52. The average Bonchev–Trinajstić information content (AvgIpc) is 2.85. The van der Waals surface area contributed by atoms with Gasteiger partial charge in [0, 0.05) is 50.4 Å². The van der Waals surface area contributed by atoms with Gasteiger partial charge in [0.1, 0.15) is 5.75 Å². The molecule has 0 unspecified atom stereocenters. The number of isothiocyanates is 1. The Bertz CT molecular complexity index is 1130. The Morgan fingerprint density at radius 2 is 1.10 bits per heavy atom. The van der Waals surface area contributed by atoms with Crippen molar-refractivity contribution in [3.63, 3.8) is 0 Å². The largest absolute Gasteiger partial charge is 0.507 e. The first-order chi connectivity index (χ1) is 19.7. The number of aliphatic carboxylic acids is 6. The minimum absolute atomic E-state index is 0.107. The fourth-order valence-electron chi connectivity index (χ4n) is 3.69. The number of carboxylic acid groups (broad SMARTS) is 6. The fraction of sp³-hybridized carbons (Fsp3) is 0.435. The number of thiocarbonyl (C=S) groups is 1. The molecule has 9 N–H and O–H groups in total. The highest BCUT2D eigenvalue weighted by molar-refractivity contribution is 7.78. The number of benzene rings is 1. The second-order valence-corrected chi connectivity index (χ2v) is 8.83. The van der Waals surface area contributed by atoms with Crippen LogP contribution in [-0.2, 0) is 41.9 Å². The second-order valence-electron chi connectivity index (χ2n) is 8.65. The van der Waals surface area contributed by atoms with Gasteiger partial charge >= 0.3 is 35.8 Å². The second kappa shape index (κ2) is 17.3. The predicted molar refractivity (Wildman–Crippen MR) is 143 cm³/mol. The first kappa shape index (κ1) is 35.5. The lowest BCUT2D eigenvalue weighted by atomic mass is 10.1. The van der Waals surface area contributed by atoms with E-state index in [0.29, 0.717) is 0 Å². The highest BCUT2D eigenvalue weighted by Gasteiger charge is 2.26. The molecule has 19 heteroatoms. The van der Waals surface area contributed by atoms with Crippen LogP contribution in [0.2, 0.25) is 0 Å². The van der Waals surface area contributed by atoms with E-state index in [4.69, 9.17) is 20.4 Å². The summed E-state index contributed by atoms with van der Waals surface area (Å²) in [5, 5.41) is 72.2. The molecule has 0 amide bonds. The number of aliphatic imine (C=N–C) groups is 1. The molecule has 0 spiro atoms. The van der Waals surface area contributed by atoms with Crippen molar-refractivity contribution >= 4 is 58.9 Å². The Morgan fingerprint density at radius 3 is 1.38 bits per heavy atom. The lowest BCUT2D eigenvalue weighted by Gasteiger charge is -2.25. The minimum Gasteiger partial charge on any atom is -0.507 e. The minimum atomic E-state index is -1.94. The number of hydrogen-bond acceptors (Lipinski definition) is 13. The van der Waals surface area contributed by atoms with Gasteiger partial charge in [0.15, 0.2) is 0 Å². The van der Waals surface area contributed by atoms with Crippen LogP contribution in [0.4, 0.5) is 5.69 Å². The van der Waals surface area contributed by atoms with Crippen LogP contribution in [0.1, 0.15) is 11.1 Å². The van der Waals surface area contributed by atoms with Gasteiger partial charge in [-0.15, -0.1) is 0 Å². The lowest BCUT2D eigenvalue weighted by Crippen LogP contribution is -2.46. The standard InChI is InChI=1S/C23H29N5O13S/c29-15(30)9-27(3-1-24-17(20(34)35)21(36)37)7-12-5-14(26-11-42)6-13(19(12)33)8-28(10-16(31)32)4-2-25-18(22(38)39)23(40)41/h5-6,17-18,24-25,33H,1-4,7-10H2,(H,29,30)(H,31,32)(H,34,35)(H,36,37)(H,38,39)(H,40,41). The maximum absolute atomic E-state index is 11.4. The van der Waals surface area contributed by atoms with Gasteiger partial charge in [0.05, 0.1) is 23.9 Å². The monoisotopic (exact) mass is 615 g/mol. The molecule has 0 bridgehead atoms. The lowest BCUT2D eigenvalue weighted by molar-refractivity contribution is -0.153. The number of phenolic OH excluding ortho intramolecular Hbond substituents is 1. The highest BCUT2D eigenvalue weighted by Crippen LogP contribution is 2.31. The molecule has 230 valence electrons. The smallest absolute Gasteiger partial charge is 0.332 e. The number of nitrogens with one attached hydrogen (secondary N) is 2. The Hall–Kier alpha value is -4.52. The van der Waals surface area contributed by atoms with Gasteiger partial charge in [-0.1, -0.05) is 0 Å². The van der Waals surface area contributed by atoms with Crippen molar-refractivity contribution in [3.8, 4) is 5.75 Å². The molecule has 42 heavy (non-hydrogen) atoms. The molecule has 0 radical (unpaired) electrons. The molecule has 18 nitrogen and oxygen atoms in total. The third kappa shape index (κ3) is 12.3. The van der Waals surface area contributed by atoms with Crippen LogP contribution in [0, 0.1) is 0 Å². The fourth-order valence-corrected chi connectivity index (χ4v) is 3.79. The van der Waals surface area contributed by atoms with E-state index in [1.54, 1.807) is 0 Å². The number of hydrogen-bond donors (Lipinski definition) is 9. The number of carboxylic acids is 6.